The zero-order chi connectivity index (χ0) is 13.8. The Kier molecular flexibility index (Phi) is 3.37. The predicted molar refractivity (Wildman–Crippen MR) is 79.6 cm³/mol. The Morgan fingerprint density at radius 3 is 2.40 bits per heavy atom. The van der Waals surface area contributed by atoms with Gasteiger partial charge in [0, 0.05) is 5.56 Å². The Balaban J connectivity index is 1.96. The van der Waals surface area contributed by atoms with Crippen LogP contribution in [0.4, 0.5) is 0 Å². The van der Waals surface area contributed by atoms with Gasteiger partial charge in [-0.3, -0.25) is 0 Å². The van der Waals surface area contributed by atoms with E-state index >= 15 is 0 Å². The molecule has 2 aromatic carbocycles. The zero-order valence-corrected chi connectivity index (χ0v) is 11.1. The Hall–Kier alpha value is -2.75. The van der Waals surface area contributed by atoms with E-state index in [2.05, 4.69) is 39.7 Å². The fraction of sp³-hybridized carbons (Fsp3) is 0.0625. The van der Waals surface area contributed by atoms with Crippen LogP contribution in [0.15, 0.2) is 54.6 Å². The molecule has 0 atom stereocenters. The molecule has 1 aromatic heterocycles. The van der Waals surface area contributed by atoms with Crippen molar-refractivity contribution in [2.24, 2.45) is 7.05 Å². The number of benzene rings is 2. The summed E-state index contributed by atoms with van der Waals surface area (Å²) in [6.45, 7) is 0. The highest BCUT2D eigenvalue weighted by molar-refractivity contribution is 5.78. The lowest BCUT2D eigenvalue weighted by Gasteiger charge is -2.01. The number of aromatic nitrogens is 4. The summed E-state index contributed by atoms with van der Waals surface area (Å²) in [5.74, 6) is 0.640. The van der Waals surface area contributed by atoms with Gasteiger partial charge in [0.25, 0.3) is 0 Å². The lowest BCUT2D eigenvalue weighted by molar-refractivity contribution is 0.630. The minimum absolute atomic E-state index is 0.640. The van der Waals surface area contributed by atoms with Crippen LogP contribution in [0.3, 0.4) is 0 Å². The van der Waals surface area contributed by atoms with E-state index in [0.717, 1.165) is 16.7 Å². The maximum absolute atomic E-state index is 4.26. The smallest absolute Gasteiger partial charge is 0.167 e. The van der Waals surface area contributed by atoms with Crippen molar-refractivity contribution in [1.82, 2.24) is 20.2 Å². The van der Waals surface area contributed by atoms with E-state index in [-0.39, 0.29) is 0 Å². The molecule has 0 radical (unpaired) electrons. The van der Waals surface area contributed by atoms with E-state index in [4.69, 9.17) is 0 Å². The Morgan fingerprint density at radius 1 is 0.900 bits per heavy atom. The van der Waals surface area contributed by atoms with Crippen molar-refractivity contribution >= 4 is 12.2 Å². The molecule has 0 amide bonds. The van der Waals surface area contributed by atoms with Gasteiger partial charge in [0.1, 0.15) is 0 Å². The first kappa shape index (κ1) is 12.3. The van der Waals surface area contributed by atoms with E-state index in [1.54, 1.807) is 7.05 Å². The number of hydrogen-bond donors (Lipinski definition) is 0. The second kappa shape index (κ2) is 5.48. The van der Waals surface area contributed by atoms with E-state index in [1.807, 2.05) is 42.5 Å². The molecule has 20 heavy (non-hydrogen) atoms. The molecule has 0 saturated heterocycles. The third-order valence-electron chi connectivity index (χ3n) is 2.96. The normalized spacial score (nSPS) is 11.1. The van der Waals surface area contributed by atoms with Gasteiger partial charge in [-0.05, 0) is 16.3 Å². The van der Waals surface area contributed by atoms with Gasteiger partial charge in [-0.1, -0.05) is 66.7 Å². The maximum atomic E-state index is 4.26. The molecule has 0 saturated carbocycles. The first-order chi connectivity index (χ1) is 9.83. The fourth-order valence-corrected chi connectivity index (χ4v) is 1.99. The molecule has 0 bridgehead atoms. The van der Waals surface area contributed by atoms with Crippen molar-refractivity contribution in [2.45, 2.75) is 0 Å². The molecule has 98 valence electrons. The molecule has 0 aliphatic rings. The summed E-state index contributed by atoms with van der Waals surface area (Å²) in [6, 6.07) is 18.2. The van der Waals surface area contributed by atoms with Gasteiger partial charge in [0.15, 0.2) is 0 Å². The number of nitrogens with zero attached hydrogens (tertiary/aromatic N) is 4. The van der Waals surface area contributed by atoms with Gasteiger partial charge in [-0.15, -0.1) is 10.2 Å². The molecule has 4 nitrogen and oxygen atoms in total. The van der Waals surface area contributed by atoms with Crippen LogP contribution in [0.25, 0.3) is 23.5 Å². The van der Waals surface area contributed by atoms with Crippen LogP contribution in [0.5, 0.6) is 0 Å². The average molecular weight is 262 g/mol. The highest BCUT2D eigenvalue weighted by Gasteiger charge is 2.07. The van der Waals surface area contributed by atoms with Crippen molar-refractivity contribution in [3.05, 3.63) is 65.7 Å². The van der Waals surface area contributed by atoms with Gasteiger partial charge < -0.3 is 0 Å². The van der Waals surface area contributed by atoms with Crippen molar-refractivity contribution < 1.29 is 0 Å². The fourth-order valence-electron chi connectivity index (χ4n) is 1.99. The molecule has 0 unspecified atom stereocenters. The van der Waals surface area contributed by atoms with Gasteiger partial charge in [0.2, 0.25) is 5.82 Å². The highest BCUT2D eigenvalue weighted by atomic mass is 15.6. The second-order valence-corrected chi connectivity index (χ2v) is 4.43. The van der Waals surface area contributed by atoms with E-state index in [0.29, 0.717) is 5.82 Å². The molecule has 0 fully saturated rings. The van der Waals surface area contributed by atoms with Crippen LogP contribution in [0.2, 0.25) is 0 Å². The lowest BCUT2D eigenvalue weighted by Crippen LogP contribution is -1.92. The summed E-state index contributed by atoms with van der Waals surface area (Å²) >= 11 is 0. The summed E-state index contributed by atoms with van der Waals surface area (Å²) < 4.78 is 0. The largest absolute Gasteiger partial charge is 0.205 e. The molecule has 3 rings (SSSR count). The van der Waals surface area contributed by atoms with Crippen LogP contribution < -0.4 is 0 Å². The summed E-state index contributed by atoms with van der Waals surface area (Å²) in [5.41, 5.74) is 3.21. The third kappa shape index (κ3) is 2.64. The highest BCUT2D eigenvalue weighted by Crippen LogP contribution is 2.21. The van der Waals surface area contributed by atoms with E-state index in [9.17, 15) is 0 Å². The molecule has 4 heteroatoms. The SMILES string of the molecule is Cn1nnc(-c2ccccc2/C=C/c2ccccc2)n1. The topological polar surface area (TPSA) is 43.6 Å². The monoisotopic (exact) mass is 262 g/mol. The molecular formula is C16H14N4. The molecule has 0 spiro atoms. The summed E-state index contributed by atoms with van der Waals surface area (Å²) in [7, 11) is 1.76. The predicted octanol–water partition coefficient (Wildman–Crippen LogP) is 3.05. The first-order valence-electron chi connectivity index (χ1n) is 6.39. The van der Waals surface area contributed by atoms with Crippen LogP contribution >= 0.6 is 0 Å². The Bertz CT molecular complexity index is 729. The van der Waals surface area contributed by atoms with Crippen molar-refractivity contribution in [3.8, 4) is 11.4 Å². The minimum Gasteiger partial charge on any atom is -0.167 e. The number of tetrazole rings is 1. The van der Waals surface area contributed by atoms with Crippen LogP contribution in [0.1, 0.15) is 11.1 Å². The van der Waals surface area contributed by atoms with E-state index in [1.165, 1.54) is 4.80 Å². The molecule has 1 heterocycles. The van der Waals surface area contributed by atoms with Crippen LogP contribution in [0, 0.1) is 0 Å². The Labute approximate surface area is 117 Å². The molecule has 0 aliphatic heterocycles. The summed E-state index contributed by atoms with van der Waals surface area (Å²) in [6.07, 6.45) is 4.15. The van der Waals surface area contributed by atoms with Crippen molar-refractivity contribution in [3.63, 3.8) is 0 Å². The van der Waals surface area contributed by atoms with Crippen molar-refractivity contribution in [2.75, 3.05) is 0 Å². The Morgan fingerprint density at radius 2 is 1.65 bits per heavy atom. The summed E-state index contributed by atoms with van der Waals surface area (Å²) in [4.78, 5) is 1.47. The number of rotatable bonds is 3. The molecule has 0 aliphatic carbocycles. The number of hydrogen-bond acceptors (Lipinski definition) is 3. The van der Waals surface area contributed by atoms with Gasteiger partial charge in [-0.2, -0.15) is 4.80 Å². The zero-order valence-electron chi connectivity index (χ0n) is 11.1. The maximum Gasteiger partial charge on any atom is 0.205 e. The molecule has 0 N–H and O–H groups in total. The second-order valence-electron chi connectivity index (χ2n) is 4.43. The van der Waals surface area contributed by atoms with Gasteiger partial charge >= 0.3 is 0 Å². The van der Waals surface area contributed by atoms with E-state index < -0.39 is 0 Å². The van der Waals surface area contributed by atoms with Crippen LogP contribution in [-0.2, 0) is 7.05 Å². The lowest BCUT2D eigenvalue weighted by atomic mass is 10.1. The number of aryl methyl sites for hydroxylation is 1. The third-order valence-corrected chi connectivity index (χ3v) is 2.96. The summed E-state index contributed by atoms with van der Waals surface area (Å²) in [5, 5.41) is 12.2. The van der Waals surface area contributed by atoms with Crippen LogP contribution in [-0.4, -0.2) is 20.2 Å². The quantitative estimate of drug-likeness (QED) is 0.681. The molecular weight excluding hydrogens is 248 g/mol. The van der Waals surface area contributed by atoms with Gasteiger partial charge in [0.05, 0.1) is 7.05 Å². The standard InChI is InChI=1S/C16H14N4/c1-20-18-16(17-19-20)15-10-6-5-9-14(15)12-11-13-7-3-2-4-8-13/h2-12H,1H3/b12-11+. The van der Waals surface area contributed by atoms with Gasteiger partial charge in [-0.25, -0.2) is 0 Å². The average Bonchev–Trinajstić information content (AvgIpc) is 2.93. The minimum atomic E-state index is 0.640. The van der Waals surface area contributed by atoms with Crippen molar-refractivity contribution in [1.29, 1.82) is 0 Å². The molecule has 3 aromatic rings. The first-order valence-corrected chi connectivity index (χ1v) is 6.39.